The van der Waals surface area contributed by atoms with E-state index in [0.717, 1.165) is 27.9 Å². The van der Waals surface area contributed by atoms with Gasteiger partial charge in [-0.25, -0.2) is 23.2 Å². The third-order valence-electron chi connectivity index (χ3n) is 6.51. The highest BCUT2D eigenvalue weighted by Crippen LogP contribution is 2.35. The SMILES string of the molecule is CC(C)(C)c1cnc(CSc2cnc(NC3CCCN(S(=O)(=O)c4ccc(NC(=O)O)c(C(C)(C)C)c4)C3)s2)o1. The molecule has 1 atom stereocenters. The van der Waals surface area contributed by atoms with Crippen LogP contribution in [0.4, 0.5) is 15.6 Å². The van der Waals surface area contributed by atoms with Crippen LogP contribution in [0.5, 0.6) is 0 Å². The Kier molecular flexibility index (Phi) is 8.88. The van der Waals surface area contributed by atoms with Crippen LogP contribution in [0.3, 0.4) is 0 Å². The average molecular weight is 608 g/mol. The van der Waals surface area contributed by atoms with Crippen molar-refractivity contribution in [2.45, 2.75) is 86.1 Å². The highest BCUT2D eigenvalue weighted by Gasteiger charge is 2.32. The van der Waals surface area contributed by atoms with E-state index in [1.807, 2.05) is 27.0 Å². The maximum atomic E-state index is 13.6. The summed E-state index contributed by atoms with van der Waals surface area (Å²) in [6, 6.07) is 4.50. The van der Waals surface area contributed by atoms with E-state index < -0.39 is 21.5 Å². The van der Waals surface area contributed by atoms with Crippen LogP contribution in [0.15, 0.2) is 44.1 Å². The van der Waals surface area contributed by atoms with Gasteiger partial charge < -0.3 is 14.8 Å². The van der Waals surface area contributed by atoms with Crippen LogP contribution in [0, 0.1) is 0 Å². The summed E-state index contributed by atoms with van der Waals surface area (Å²) in [5.74, 6) is 2.13. The second-order valence-corrected chi connectivity index (χ2v) is 16.1. The Balaban J connectivity index is 1.41. The van der Waals surface area contributed by atoms with E-state index in [-0.39, 0.29) is 16.4 Å². The van der Waals surface area contributed by atoms with E-state index >= 15 is 0 Å². The van der Waals surface area contributed by atoms with Gasteiger partial charge in [0.2, 0.25) is 15.9 Å². The van der Waals surface area contributed by atoms with E-state index in [0.29, 0.717) is 36.0 Å². The second-order valence-electron chi connectivity index (χ2n) is 11.9. The average Bonchev–Trinajstić information content (AvgIpc) is 3.51. The van der Waals surface area contributed by atoms with Crippen LogP contribution in [0.1, 0.15) is 71.6 Å². The number of oxazole rings is 1. The molecule has 1 amide bonds. The summed E-state index contributed by atoms with van der Waals surface area (Å²) < 4.78 is 35.6. The van der Waals surface area contributed by atoms with Gasteiger partial charge in [-0.3, -0.25) is 5.32 Å². The molecular formula is C27H37N5O5S3. The second kappa shape index (κ2) is 11.7. The molecule has 0 bridgehead atoms. The summed E-state index contributed by atoms with van der Waals surface area (Å²) in [5.41, 5.74) is 0.453. The zero-order valence-corrected chi connectivity index (χ0v) is 26.1. The molecule has 0 aliphatic carbocycles. The van der Waals surface area contributed by atoms with Crippen molar-refractivity contribution in [1.82, 2.24) is 14.3 Å². The van der Waals surface area contributed by atoms with Crippen LogP contribution in [0.25, 0.3) is 0 Å². The largest absolute Gasteiger partial charge is 0.465 e. The number of piperidine rings is 1. The van der Waals surface area contributed by atoms with Gasteiger partial charge in [-0.15, -0.1) is 11.8 Å². The van der Waals surface area contributed by atoms with Crippen LogP contribution in [-0.2, 0) is 26.6 Å². The van der Waals surface area contributed by atoms with Gasteiger partial charge in [0.15, 0.2) is 5.13 Å². The molecule has 218 valence electrons. The van der Waals surface area contributed by atoms with Crippen molar-refractivity contribution < 1.29 is 22.7 Å². The summed E-state index contributed by atoms with van der Waals surface area (Å²) in [7, 11) is -3.78. The summed E-state index contributed by atoms with van der Waals surface area (Å²) >= 11 is 3.12. The molecule has 3 aromatic rings. The first kappa shape index (κ1) is 30.4. The molecule has 0 saturated carbocycles. The Morgan fingerprint density at radius 3 is 2.58 bits per heavy atom. The molecule has 2 aromatic heterocycles. The van der Waals surface area contributed by atoms with Crippen molar-refractivity contribution in [1.29, 1.82) is 0 Å². The minimum absolute atomic E-state index is 0.0800. The predicted molar refractivity (Wildman–Crippen MR) is 159 cm³/mol. The summed E-state index contributed by atoms with van der Waals surface area (Å²) in [5, 5.41) is 15.7. The fourth-order valence-electron chi connectivity index (χ4n) is 4.38. The van der Waals surface area contributed by atoms with Crippen LogP contribution in [0.2, 0.25) is 0 Å². The van der Waals surface area contributed by atoms with E-state index in [1.54, 1.807) is 24.0 Å². The van der Waals surface area contributed by atoms with Gasteiger partial charge >= 0.3 is 6.09 Å². The molecule has 1 unspecified atom stereocenters. The fraction of sp³-hybridized carbons (Fsp3) is 0.519. The standard InChI is InChI=1S/C27H37N5O5S3/c1-26(2,3)19-12-18(9-10-20(19)31-25(33)34)40(35,36)32-11-7-8-17(15-32)30-24-29-14-23(39-24)38-16-22-28-13-21(37-22)27(4,5)6/h9-10,12-14,17,31H,7-8,11,15-16H2,1-6H3,(H,29,30)(H,33,34). The van der Waals surface area contributed by atoms with E-state index in [2.05, 4.69) is 41.4 Å². The Hall–Kier alpha value is -2.61. The molecule has 4 rings (SSSR count). The normalized spacial score (nSPS) is 17.1. The number of thioether (sulfide) groups is 1. The highest BCUT2D eigenvalue weighted by molar-refractivity contribution is 8.00. The number of hydrogen-bond donors (Lipinski definition) is 3. The number of benzene rings is 1. The van der Waals surface area contributed by atoms with E-state index in [4.69, 9.17) is 4.42 Å². The monoisotopic (exact) mass is 607 g/mol. The first-order valence-electron chi connectivity index (χ1n) is 13.1. The fourth-order valence-corrected chi connectivity index (χ4v) is 7.73. The van der Waals surface area contributed by atoms with E-state index in [1.165, 1.54) is 27.8 Å². The number of nitrogens with one attached hydrogen (secondary N) is 2. The van der Waals surface area contributed by atoms with Gasteiger partial charge in [-0.05, 0) is 42.0 Å². The Morgan fingerprint density at radius 1 is 1.18 bits per heavy atom. The zero-order chi connectivity index (χ0) is 29.3. The lowest BCUT2D eigenvalue weighted by atomic mass is 9.86. The number of anilines is 2. The molecule has 13 heteroatoms. The number of rotatable bonds is 8. The molecule has 1 saturated heterocycles. The van der Waals surface area contributed by atoms with Crippen molar-refractivity contribution in [2.24, 2.45) is 0 Å². The number of aromatic nitrogens is 2. The van der Waals surface area contributed by atoms with Gasteiger partial charge in [-0.1, -0.05) is 52.9 Å². The third kappa shape index (κ3) is 7.36. The minimum atomic E-state index is -3.78. The first-order valence-corrected chi connectivity index (χ1v) is 16.3. The highest BCUT2D eigenvalue weighted by atomic mass is 32.2. The third-order valence-corrected chi connectivity index (χ3v) is 10.5. The summed E-state index contributed by atoms with van der Waals surface area (Å²) in [6.45, 7) is 12.7. The number of thiazole rings is 1. The van der Waals surface area contributed by atoms with Gasteiger partial charge in [0.05, 0.1) is 27.3 Å². The molecular weight excluding hydrogens is 571 g/mol. The maximum Gasteiger partial charge on any atom is 0.409 e. The van der Waals surface area contributed by atoms with Crippen molar-refractivity contribution in [3.63, 3.8) is 0 Å². The lowest BCUT2D eigenvalue weighted by Crippen LogP contribution is -2.45. The number of carboxylic acid groups (broad SMARTS) is 1. The van der Waals surface area contributed by atoms with Crippen molar-refractivity contribution >= 4 is 50.0 Å². The Morgan fingerprint density at radius 2 is 1.93 bits per heavy atom. The van der Waals surface area contributed by atoms with Gasteiger partial charge in [0, 0.05) is 30.2 Å². The Bertz CT molecular complexity index is 1450. The molecule has 1 aliphatic rings. The minimum Gasteiger partial charge on any atom is -0.465 e. The van der Waals surface area contributed by atoms with Gasteiger partial charge in [-0.2, -0.15) is 4.31 Å². The van der Waals surface area contributed by atoms with Crippen LogP contribution in [-0.4, -0.2) is 53.0 Å². The van der Waals surface area contributed by atoms with Crippen molar-refractivity contribution in [2.75, 3.05) is 23.7 Å². The molecule has 0 spiro atoms. The summed E-state index contributed by atoms with van der Waals surface area (Å²) in [6.07, 6.45) is 3.94. The number of nitrogens with zero attached hydrogens (tertiary/aromatic N) is 3. The predicted octanol–water partition coefficient (Wildman–Crippen LogP) is 6.37. The smallest absolute Gasteiger partial charge is 0.409 e. The lowest BCUT2D eigenvalue weighted by molar-refractivity contribution is 0.209. The number of amides is 1. The molecule has 10 nitrogen and oxygen atoms in total. The number of sulfonamides is 1. The molecule has 3 heterocycles. The molecule has 0 radical (unpaired) electrons. The Labute approximate surface area is 244 Å². The molecule has 1 fully saturated rings. The molecule has 1 aliphatic heterocycles. The number of hydrogen-bond acceptors (Lipinski definition) is 9. The molecule has 40 heavy (non-hydrogen) atoms. The molecule has 3 N–H and O–H groups in total. The van der Waals surface area contributed by atoms with Gasteiger partial charge in [0.25, 0.3) is 0 Å². The van der Waals surface area contributed by atoms with Gasteiger partial charge in [0.1, 0.15) is 5.76 Å². The maximum absolute atomic E-state index is 13.6. The zero-order valence-electron chi connectivity index (χ0n) is 23.6. The molecule has 1 aromatic carbocycles. The first-order chi connectivity index (χ1) is 18.6. The topological polar surface area (TPSA) is 138 Å². The summed E-state index contributed by atoms with van der Waals surface area (Å²) in [4.78, 5) is 20.3. The quantitative estimate of drug-likeness (QED) is 0.249. The van der Waals surface area contributed by atoms with Crippen molar-refractivity contribution in [3.05, 3.63) is 47.8 Å². The number of carbonyl (C=O) groups is 1. The van der Waals surface area contributed by atoms with Crippen LogP contribution >= 0.6 is 23.1 Å². The van der Waals surface area contributed by atoms with Crippen molar-refractivity contribution in [3.8, 4) is 0 Å². The van der Waals surface area contributed by atoms with E-state index in [9.17, 15) is 18.3 Å². The lowest BCUT2D eigenvalue weighted by Gasteiger charge is -2.32. The van der Waals surface area contributed by atoms with Crippen LogP contribution < -0.4 is 10.6 Å².